The van der Waals surface area contributed by atoms with Gasteiger partial charge in [0.2, 0.25) is 0 Å². The molecule has 0 atom stereocenters. The Morgan fingerprint density at radius 1 is 1.04 bits per heavy atom. The summed E-state index contributed by atoms with van der Waals surface area (Å²) < 4.78 is 20.6. The van der Waals surface area contributed by atoms with Crippen molar-refractivity contribution < 1.29 is 13.6 Å². The molecule has 2 heterocycles. The van der Waals surface area contributed by atoms with E-state index in [1.807, 2.05) is 30.3 Å². The molecule has 4 aromatic rings. The minimum absolute atomic E-state index is 0.0483. The van der Waals surface area contributed by atoms with Gasteiger partial charge < -0.3 is 9.73 Å². The highest BCUT2D eigenvalue weighted by atomic mass is 19.1. The highest BCUT2D eigenvalue weighted by Crippen LogP contribution is 2.22. The number of anilines is 1. The molecule has 0 radical (unpaired) electrons. The SMILES string of the molecule is O=C(Nc1ccccc1F)/C(=C\c1ccco1)n1nnnc1-c1ccccc1. The summed E-state index contributed by atoms with van der Waals surface area (Å²) in [5, 5.41) is 14.2. The lowest BCUT2D eigenvalue weighted by Crippen LogP contribution is -2.20. The maximum atomic E-state index is 14.0. The fourth-order valence-corrected chi connectivity index (χ4v) is 2.60. The maximum Gasteiger partial charge on any atom is 0.274 e. The van der Waals surface area contributed by atoms with Crippen LogP contribution in [0.25, 0.3) is 23.2 Å². The first kappa shape index (κ1) is 17.3. The lowest BCUT2D eigenvalue weighted by atomic mass is 10.2. The number of tetrazole rings is 1. The first-order valence-corrected chi connectivity index (χ1v) is 8.37. The predicted octanol–water partition coefficient (Wildman–Crippen LogP) is 3.71. The molecular formula is C20H14FN5O2. The van der Waals surface area contributed by atoms with Crippen LogP contribution in [0.1, 0.15) is 5.76 Å². The van der Waals surface area contributed by atoms with Crippen LogP contribution in [0, 0.1) is 5.82 Å². The number of hydrogen-bond donors (Lipinski definition) is 1. The third-order valence-corrected chi connectivity index (χ3v) is 3.91. The summed E-state index contributed by atoms with van der Waals surface area (Å²) in [4.78, 5) is 13.0. The number of halogens is 1. The molecule has 28 heavy (non-hydrogen) atoms. The number of amides is 1. The number of carbonyl (C=O) groups excluding carboxylic acids is 1. The van der Waals surface area contributed by atoms with E-state index in [0.29, 0.717) is 11.6 Å². The number of nitrogens with one attached hydrogen (secondary N) is 1. The number of aromatic nitrogens is 4. The van der Waals surface area contributed by atoms with Crippen LogP contribution >= 0.6 is 0 Å². The van der Waals surface area contributed by atoms with E-state index in [1.54, 1.807) is 24.3 Å². The van der Waals surface area contributed by atoms with E-state index in [0.717, 1.165) is 5.56 Å². The Morgan fingerprint density at radius 2 is 1.82 bits per heavy atom. The molecule has 7 nitrogen and oxygen atoms in total. The lowest BCUT2D eigenvalue weighted by Gasteiger charge is -2.11. The van der Waals surface area contributed by atoms with Crippen LogP contribution in [0.2, 0.25) is 0 Å². The average molecular weight is 375 g/mol. The zero-order chi connectivity index (χ0) is 19.3. The number of hydrogen-bond acceptors (Lipinski definition) is 5. The highest BCUT2D eigenvalue weighted by molar-refractivity contribution is 6.24. The molecule has 0 unspecified atom stereocenters. The van der Waals surface area contributed by atoms with Gasteiger partial charge in [-0.2, -0.15) is 4.68 Å². The zero-order valence-electron chi connectivity index (χ0n) is 14.5. The Morgan fingerprint density at radius 3 is 2.57 bits per heavy atom. The van der Waals surface area contributed by atoms with Gasteiger partial charge in [0, 0.05) is 11.6 Å². The number of rotatable bonds is 5. The Bertz CT molecular complexity index is 1120. The molecule has 4 rings (SSSR count). The van der Waals surface area contributed by atoms with Crippen LogP contribution < -0.4 is 5.32 Å². The van der Waals surface area contributed by atoms with Crippen LogP contribution in [0.3, 0.4) is 0 Å². The molecule has 1 amide bonds. The third-order valence-electron chi connectivity index (χ3n) is 3.91. The van der Waals surface area contributed by atoms with Crippen molar-refractivity contribution in [3.05, 3.63) is 84.6 Å². The van der Waals surface area contributed by atoms with E-state index in [4.69, 9.17) is 4.42 Å². The van der Waals surface area contributed by atoms with Gasteiger partial charge in [0.15, 0.2) is 5.82 Å². The summed E-state index contributed by atoms with van der Waals surface area (Å²) in [5.74, 6) is -0.352. The predicted molar refractivity (Wildman–Crippen MR) is 101 cm³/mol. The van der Waals surface area contributed by atoms with Gasteiger partial charge in [0.05, 0.1) is 12.0 Å². The van der Waals surface area contributed by atoms with E-state index < -0.39 is 11.7 Å². The molecule has 2 aromatic carbocycles. The van der Waals surface area contributed by atoms with Crippen molar-refractivity contribution in [2.75, 3.05) is 5.32 Å². The van der Waals surface area contributed by atoms with Crippen LogP contribution in [-0.4, -0.2) is 26.1 Å². The summed E-state index contributed by atoms with van der Waals surface area (Å²) in [6.45, 7) is 0. The topological polar surface area (TPSA) is 85.8 Å². The second-order valence-corrected chi connectivity index (χ2v) is 5.76. The first-order valence-electron chi connectivity index (χ1n) is 8.37. The lowest BCUT2D eigenvalue weighted by molar-refractivity contribution is -0.111. The van der Waals surface area contributed by atoms with E-state index in [9.17, 15) is 9.18 Å². The molecule has 0 bridgehead atoms. The van der Waals surface area contributed by atoms with Crippen LogP contribution in [0.15, 0.2) is 77.4 Å². The van der Waals surface area contributed by atoms with Crippen molar-refractivity contribution in [3.8, 4) is 11.4 Å². The molecule has 1 N–H and O–H groups in total. The smallest absolute Gasteiger partial charge is 0.274 e. The largest absolute Gasteiger partial charge is 0.465 e. The molecule has 2 aromatic heterocycles. The van der Waals surface area contributed by atoms with Gasteiger partial charge in [-0.3, -0.25) is 4.79 Å². The minimum Gasteiger partial charge on any atom is -0.465 e. The van der Waals surface area contributed by atoms with Crippen molar-refractivity contribution in [1.29, 1.82) is 0 Å². The van der Waals surface area contributed by atoms with Crippen molar-refractivity contribution in [3.63, 3.8) is 0 Å². The number of para-hydroxylation sites is 1. The number of furan rings is 1. The number of nitrogens with zero attached hydrogens (tertiary/aromatic N) is 4. The van der Waals surface area contributed by atoms with Crippen LogP contribution in [-0.2, 0) is 4.79 Å². The van der Waals surface area contributed by atoms with Crippen molar-refractivity contribution in [1.82, 2.24) is 20.2 Å². The van der Waals surface area contributed by atoms with Crippen molar-refractivity contribution in [2.45, 2.75) is 0 Å². The van der Waals surface area contributed by atoms with Gasteiger partial charge in [-0.1, -0.05) is 42.5 Å². The van der Waals surface area contributed by atoms with Gasteiger partial charge in [0.1, 0.15) is 17.3 Å². The molecule has 0 aliphatic heterocycles. The van der Waals surface area contributed by atoms with Crippen molar-refractivity contribution in [2.24, 2.45) is 0 Å². The van der Waals surface area contributed by atoms with E-state index >= 15 is 0 Å². The number of carbonyl (C=O) groups is 1. The molecule has 0 saturated heterocycles. The molecule has 138 valence electrons. The normalized spacial score (nSPS) is 11.4. The quantitative estimate of drug-likeness (QED) is 0.538. The molecular weight excluding hydrogens is 361 g/mol. The molecule has 0 fully saturated rings. The molecule has 8 heteroatoms. The summed E-state index contributed by atoms with van der Waals surface area (Å²) in [5.41, 5.74) is 0.839. The summed E-state index contributed by atoms with van der Waals surface area (Å²) in [7, 11) is 0. The van der Waals surface area contributed by atoms with Gasteiger partial charge in [-0.15, -0.1) is 5.10 Å². The summed E-state index contributed by atoms with van der Waals surface area (Å²) in [6.07, 6.45) is 2.97. The van der Waals surface area contributed by atoms with Crippen LogP contribution in [0.5, 0.6) is 0 Å². The van der Waals surface area contributed by atoms with Gasteiger partial charge >= 0.3 is 0 Å². The minimum atomic E-state index is -0.592. The Balaban J connectivity index is 1.77. The van der Waals surface area contributed by atoms with E-state index in [2.05, 4.69) is 20.8 Å². The van der Waals surface area contributed by atoms with Crippen LogP contribution in [0.4, 0.5) is 10.1 Å². The van der Waals surface area contributed by atoms with E-state index in [1.165, 1.54) is 29.2 Å². The second-order valence-electron chi connectivity index (χ2n) is 5.76. The fraction of sp³-hybridized carbons (Fsp3) is 0. The highest BCUT2D eigenvalue weighted by Gasteiger charge is 2.20. The Labute approximate surface area is 159 Å². The zero-order valence-corrected chi connectivity index (χ0v) is 14.5. The molecule has 0 aliphatic carbocycles. The Kier molecular flexibility index (Phi) is 4.75. The fourth-order valence-electron chi connectivity index (χ4n) is 2.60. The molecule has 0 aliphatic rings. The molecule has 0 saturated carbocycles. The molecule has 0 spiro atoms. The summed E-state index contributed by atoms with van der Waals surface area (Å²) in [6, 6.07) is 18.4. The number of benzene rings is 2. The van der Waals surface area contributed by atoms with Gasteiger partial charge in [-0.05, 0) is 34.7 Å². The Hall–Kier alpha value is -4.07. The monoisotopic (exact) mass is 375 g/mol. The summed E-state index contributed by atoms with van der Waals surface area (Å²) >= 11 is 0. The van der Waals surface area contributed by atoms with Gasteiger partial charge in [-0.25, -0.2) is 4.39 Å². The second kappa shape index (κ2) is 7.67. The van der Waals surface area contributed by atoms with Crippen molar-refractivity contribution >= 4 is 23.4 Å². The van der Waals surface area contributed by atoms with E-state index in [-0.39, 0.29) is 11.4 Å². The first-order chi connectivity index (χ1) is 13.7. The van der Waals surface area contributed by atoms with Gasteiger partial charge in [0.25, 0.3) is 5.91 Å². The standard InChI is InChI=1S/C20H14FN5O2/c21-16-10-4-5-11-17(16)22-20(27)18(13-15-9-6-12-28-15)26-19(23-24-25-26)14-7-2-1-3-8-14/h1-13H,(H,22,27)/b18-13+. The maximum absolute atomic E-state index is 14.0. The third kappa shape index (κ3) is 3.56. The average Bonchev–Trinajstić information content (AvgIpc) is 3.40.